The summed E-state index contributed by atoms with van der Waals surface area (Å²) in [5, 5.41) is 26.7. The molecular formula is C14H20N6O2. The van der Waals surface area contributed by atoms with E-state index in [2.05, 4.69) is 26.0 Å². The second-order valence-electron chi connectivity index (χ2n) is 5.20. The molecule has 0 aliphatic carbocycles. The molecule has 1 atom stereocenters. The highest BCUT2D eigenvalue weighted by Gasteiger charge is 2.11. The fourth-order valence-electron chi connectivity index (χ4n) is 2.13. The molecule has 0 aliphatic heterocycles. The first-order chi connectivity index (χ1) is 10.4. The number of rotatable bonds is 5. The maximum atomic E-state index is 11.7. The number of hydrogen-bond acceptors (Lipinski definition) is 5. The highest BCUT2D eigenvalue weighted by atomic mass is 16.3. The predicted molar refractivity (Wildman–Crippen MR) is 79.9 cm³/mol. The van der Waals surface area contributed by atoms with Crippen molar-refractivity contribution in [2.45, 2.75) is 26.5 Å². The number of aliphatic hydroxyl groups is 1. The topological polar surface area (TPSA) is 105 Å². The van der Waals surface area contributed by atoms with Gasteiger partial charge >= 0.3 is 6.03 Å². The van der Waals surface area contributed by atoms with Crippen LogP contribution in [-0.2, 0) is 13.6 Å². The summed E-state index contributed by atoms with van der Waals surface area (Å²) in [5.74, 6) is 0.424. The first-order valence-electron chi connectivity index (χ1n) is 6.95. The standard InChI is InChI=1S/C14H20N6O2/c1-9-4-10(2)6-11(5-9)12(21)7-15-14(22)16-8-13-17-19-20(3)18-13/h4-6,12,21H,7-8H2,1-3H3,(H2,15,16,22)/t12-/m0/s1. The van der Waals surface area contributed by atoms with Crippen LogP contribution in [0.2, 0.25) is 0 Å². The van der Waals surface area contributed by atoms with Crippen molar-refractivity contribution in [1.29, 1.82) is 0 Å². The Morgan fingerprint density at radius 2 is 1.95 bits per heavy atom. The van der Waals surface area contributed by atoms with Crippen molar-refractivity contribution in [3.05, 3.63) is 40.7 Å². The molecule has 118 valence electrons. The molecule has 0 unspecified atom stereocenters. The lowest BCUT2D eigenvalue weighted by Gasteiger charge is -2.14. The van der Waals surface area contributed by atoms with Crippen LogP contribution in [0.4, 0.5) is 4.79 Å². The molecule has 0 spiro atoms. The van der Waals surface area contributed by atoms with E-state index in [1.807, 2.05) is 32.0 Å². The van der Waals surface area contributed by atoms with Crippen molar-refractivity contribution in [3.63, 3.8) is 0 Å². The summed E-state index contributed by atoms with van der Waals surface area (Å²) in [7, 11) is 1.65. The molecule has 0 saturated carbocycles. The lowest BCUT2D eigenvalue weighted by Crippen LogP contribution is -2.37. The molecule has 0 radical (unpaired) electrons. The zero-order valence-electron chi connectivity index (χ0n) is 12.9. The van der Waals surface area contributed by atoms with E-state index in [1.54, 1.807) is 7.05 Å². The van der Waals surface area contributed by atoms with E-state index in [0.29, 0.717) is 5.82 Å². The molecule has 1 aromatic heterocycles. The van der Waals surface area contributed by atoms with Gasteiger partial charge in [-0.25, -0.2) is 4.79 Å². The van der Waals surface area contributed by atoms with Crippen LogP contribution in [0, 0.1) is 13.8 Å². The highest BCUT2D eigenvalue weighted by Crippen LogP contribution is 2.16. The van der Waals surface area contributed by atoms with Crippen LogP contribution in [0.3, 0.4) is 0 Å². The van der Waals surface area contributed by atoms with Gasteiger partial charge in [-0.15, -0.1) is 10.2 Å². The molecule has 1 aromatic carbocycles. The molecule has 2 rings (SSSR count). The summed E-state index contributed by atoms with van der Waals surface area (Å²) >= 11 is 0. The number of carbonyl (C=O) groups is 1. The number of nitrogens with one attached hydrogen (secondary N) is 2. The smallest absolute Gasteiger partial charge is 0.315 e. The van der Waals surface area contributed by atoms with Crippen LogP contribution in [0.5, 0.6) is 0 Å². The number of aryl methyl sites for hydroxylation is 3. The van der Waals surface area contributed by atoms with E-state index in [4.69, 9.17) is 0 Å². The number of benzene rings is 1. The molecule has 22 heavy (non-hydrogen) atoms. The summed E-state index contributed by atoms with van der Waals surface area (Å²) < 4.78 is 0. The van der Waals surface area contributed by atoms with Crippen LogP contribution in [0.1, 0.15) is 28.6 Å². The van der Waals surface area contributed by atoms with Gasteiger partial charge in [0.25, 0.3) is 0 Å². The van der Waals surface area contributed by atoms with E-state index in [1.165, 1.54) is 4.80 Å². The second-order valence-corrected chi connectivity index (χ2v) is 5.20. The molecule has 1 heterocycles. The summed E-state index contributed by atoms with van der Waals surface area (Å²) in [6.07, 6.45) is -0.751. The van der Waals surface area contributed by atoms with Crippen molar-refractivity contribution in [2.24, 2.45) is 7.05 Å². The fourth-order valence-corrected chi connectivity index (χ4v) is 2.13. The summed E-state index contributed by atoms with van der Waals surface area (Å²) in [4.78, 5) is 13.0. The monoisotopic (exact) mass is 304 g/mol. The van der Waals surface area contributed by atoms with Crippen LogP contribution in [-0.4, -0.2) is 37.9 Å². The van der Waals surface area contributed by atoms with Gasteiger partial charge in [-0.05, 0) is 24.6 Å². The molecule has 8 nitrogen and oxygen atoms in total. The number of urea groups is 1. The van der Waals surface area contributed by atoms with Gasteiger partial charge in [-0.2, -0.15) is 4.80 Å². The second kappa shape index (κ2) is 6.99. The Balaban J connectivity index is 1.80. The molecule has 0 bridgehead atoms. The molecule has 2 amide bonds. The maximum absolute atomic E-state index is 11.7. The fraction of sp³-hybridized carbons (Fsp3) is 0.429. The van der Waals surface area contributed by atoms with Gasteiger partial charge in [-0.1, -0.05) is 29.3 Å². The minimum Gasteiger partial charge on any atom is -0.387 e. The van der Waals surface area contributed by atoms with Crippen molar-refractivity contribution in [1.82, 2.24) is 30.8 Å². The quantitative estimate of drug-likeness (QED) is 0.739. The first kappa shape index (κ1) is 15.9. The SMILES string of the molecule is Cc1cc(C)cc([C@@H](O)CNC(=O)NCc2nnn(C)n2)c1. The minimum atomic E-state index is -0.751. The lowest BCUT2D eigenvalue weighted by molar-refractivity contribution is 0.173. The number of hydrogen-bond donors (Lipinski definition) is 3. The van der Waals surface area contributed by atoms with Gasteiger partial charge in [0.2, 0.25) is 0 Å². The van der Waals surface area contributed by atoms with Crippen LogP contribution < -0.4 is 10.6 Å². The number of carbonyl (C=O) groups excluding carboxylic acids is 1. The highest BCUT2D eigenvalue weighted by molar-refractivity contribution is 5.73. The van der Waals surface area contributed by atoms with E-state index < -0.39 is 12.1 Å². The van der Waals surface area contributed by atoms with Crippen LogP contribution in [0.15, 0.2) is 18.2 Å². The normalized spacial score (nSPS) is 12.0. The van der Waals surface area contributed by atoms with Gasteiger partial charge in [-0.3, -0.25) is 0 Å². The third kappa shape index (κ3) is 4.52. The maximum Gasteiger partial charge on any atom is 0.315 e. The van der Waals surface area contributed by atoms with E-state index >= 15 is 0 Å². The molecule has 2 aromatic rings. The van der Waals surface area contributed by atoms with Crippen molar-refractivity contribution < 1.29 is 9.90 Å². The van der Waals surface area contributed by atoms with Crippen molar-refractivity contribution in [2.75, 3.05) is 6.54 Å². The van der Waals surface area contributed by atoms with E-state index in [-0.39, 0.29) is 13.1 Å². The number of aromatic nitrogens is 4. The Bertz CT molecular complexity index is 634. The first-order valence-corrected chi connectivity index (χ1v) is 6.95. The molecule has 0 saturated heterocycles. The van der Waals surface area contributed by atoms with Gasteiger partial charge < -0.3 is 15.7 Å². The van der Waals surface area contributed by atoms with E-state index in [9.17, 15) is 9.90 Å². The third-order valence-corrected chi connectivity index (χ3v) is 3.04. The minimum absolute atomic E-state index is 0.128. The average Bonchev–Trinajstić information content (AvgIpc) is 2.87. The molecule has 8 heteroatoms. The molecule has 3 N–H and O–H groups in total. The Morgan fingerprint density at radius 3 is 2.55 bits per heavy atom. The molecular weight excluding hydrogens is 284 g/mol. The van der Waals surface area contributed by atoms with Crippen molar-refractivity contribution in [3.8, 4) is 0 Å². The predicted octanol–water partition coefficient (Wildman–Crippen LogP) is 0.360. The number of nitrogens with zero attached hydrogens (tertiary/aromatic N) is 4. The Kier molecular flexibility index (Phi) is 5.05. The summed E-state index contributed by atoms with van der Waals surface area (Å²) in [5.41, 5.74) is 2.94. The summed E-state index contributed by atoms with van der Waals surface area (Å²) in [6, 6.07) is 5.45. The van der Waals surface area contributed by atoms with E-state index in [0.717, 1.165) is 16.7 Å². The lowest BCUT2D eigenvalue weighted by atomic mass is 10.0. The van der Waals surface area contributed by atoms with Crippen LogP contribution >= 0.6 is 0 Å². The van der Waals surface area contributed by atoms with Gasteiger partial charge in [0, 0.05) is 6.54 Å². The van der Waals surface area contributed by atoms with Gasteiger partial charge in [0.15, 0.2) is 5.82 Å². The Hall–Kier alpha value is -2.48. The summed E-state index contributed by atoms with van der Waals surface area (Å²) in [6.45, 7) is 4.25. The largest absolute Gasteiger partial charge is 0.387 e. The van der Waals surface area contributed by atoms with Crippen LogP contribution in [0.25, 0.3) is 0 Å². The molecule has 0 fully saturated rings. The van der Waals surface area contributed by atoms with Gasteiger partial charge in [0.1, 0.15) is 0 Å². The molecule has 0 aliphatic rings. The third-order valence-electron chi connectivity index (χ3n) is 3.04. The average molecular weight is 304 g/mol. The Morgan fingerprint density at radius 1 is 1.27 bits per heavy atom. The Labute approximate surface area is 128 Å². The van der Waals surface area contributed by atoms with Crippen molar-refractivity contribution >= 4 is 6.03 Å². The number of tetrazole rings is 1. The zero-order valence-corrected chi connectivity index (χ0v) is 12.9. The van der Waals surface area contributed by atoms with Gasteiger partial charge in [0.05, 0.1) is 19.7 Å². The zero-order chi connectivity index (χ0) is 16.1. The number of amides is 2. The number of aliphatic hydroxyl groups excluding tert-OH is 1.